The number of hydrogen-bond donors (Lipinski definition) is 0. The quantitative estimate of drug-likeness (QED) is 0.704. The molecule has 2 aromatic rings. The van der Waals surface area contributed by atoms with Crippen molar-refractivity contribution in [2.24, 2.45) is 5.92 Å². The summed E-state index contributed by atoms with van der Waals surface area (Å²) in [6, 6.07) is 18.0. The molecule has 0 unspecified atom stereocenters. The first-order valence-corrected chi connectivity index (χ1v) is 10.5. The minimum absolute atomic E-state index is 0.0791. The number of amides is 1. The lowest BCUT2D eigenvalue weighted by molar-refractivity contribution is -0.132. The normalized spacial score (nSPS) is 17.1. The SMILES string of the molecule is CSCCC(=O)N1CCC[C@@H](C(=O)c2ccc(-c3ccccc3)cc2)C1. The number of likely N-dealkylation sites (tertiary alicyclic amines) is 1. The molecule has 1 amide bonds. The van der Waals surface area contributed by atoms with Gasteiger partial charge in [0.15, 0.2) is 5.78 Å². The van der Waals surface area contributed by atoms with E-state index >= 15 is 0 Å². The molecule has 1 atom stereocenters. The Balaban J connectivity index is 1.66. The maximum atomic E-state index is 12.9. The minimum atomic E-state index is -0.0791. The van der Waals surface area contributed by atoms with Gasteiger partial charge in [0.25, 0.3) is 0 Å². The van der Waals surface area contributed by atoms with Crippen LogP contribution < -0.4 is 0 Å². The van der Waals surface area contributed by atoms with Crippen molar-refractivity contribution < 1.29 is 9.59 Å². The molecular weight excluding hydrogens is 342 g/mol. The van der Waals surface area contributed by atoms with Gasteiger partial charge < -0.3 is 4.90 Å². The second-order valence-electron chi connectivity index (χ2n) is 6.73. The molecule has 0 N–H and O–H groups in total. The summed E-state index contributed by atoms with van der Waals surface area (Å²) in [4.78, 5) is 27.0. The van der Waals surface area contributed by atoms with Crippen molar-refractivity contribution in [2.45, 2.75) is 19.3 Å². The number of rotatable bonds is 6. The molecule has 0 radical (unpaired) electrons. The third-order valence-electron chi connectivity index (χ3n) is 4.94. The summed E-state index contributed by atoms with van der Waals surface area (Å²) in [5, 5.41) is 0. The van der Waals surface area contributed by atoms with Crippen LogP contribution in [0.4, 0.5) is 0 Å². The number of thioether (sulfide) groups is 1. The van der Waals surface area contributed by atoms with Gasteiger partial charge in [-0.3, -0.25) is 9.59 Å². The Morgan fingerprint density at radius 2 is 1.73 bits per heavy atom. The zero-order chi connectivity index (χ0) is 18.4. The zero-order valence-corrected chi connectivity index (χ0v) is 16.0. The Bertz CT molecular complexity index is 742. The highest BCUT2D eigenvalue weighted by Crippen LogP contribution is 2.24. The second-order valence-corrected chi connectivity index (χ2v) is 7.71. The molecule has 3 nitrogen and oxygen atoms in total. The minimum Gasteiger partial charge on any atom is -0.342 e. The first-order valence-electron chi connectivity index (χ1n) is 9.15. The highest BCUT2D eigenvalue weighted by molar-refractivity contribution is 7.98. The van der Waals surface area contributed by atoms with Crippen molar-refractivity contribution in [2.75, 3.05) is 25.1 Å². The number of carbonyl (C=O) groups is 2. The summed E-state index contributed by atoms with van der Waals surface area (Å²) in [7, 11) is 0. The van der Waals surface area contributed by atoms with Gasteiger partial charge in [-0.15, -0.1) is 0 Å². The van der Waals surface area contributed by atoms with Crippen LogP contribution in [0.1, 0.15) is 29.6 Å². The van der Waals surface area contributed by atoms with Crippen LogP contribution in [0.3, 0.4) is 0 Å². The van der Waals surface area contributed by atoms with E-state index in [0.29, 0.717) is 13.0 Å². The summed E-state index contributed by atoms with van der Waals surface area (Å²) >= 11 is 1.68. The first kappa shape index (κ1) is 18.7. The van der Waals surface area contributed by atoms with Crippen LogP contribution in [-0.2, 0) is 4.79 Å². The fourth-order valence-corrected chi connectivity index (χ4v) is 3.84. The van der Waals surface area contributed by atoms with E-state index in [4.69, 9.17) is 0 Å². The van der Waals surface area contributed by atoms with Gasteiger partial charge in [0.1, 0.15) is 0 Å². The monoisotopic (exact) mass is 367 g/mol. The van der Waals surface area contributed by atoms with E-state index in [0.717, 1.165) is 41.8 Å². The fourth-order valence-electron chi connectivity index (χ4n) is 3.46. The molecule has 136 valence electrons. The summed E-state index contributed by atoms with van der Waals surface area (Å²) < 4.78 is 0. The van der Waals surface area contributed by atoms with Gasteiger partial charge in [-0.05, 0) is 30.2 Å². The number of ketones is 1. The molecule has 2 aromatic carbocycles. The van der Waals surface area contributed by atoms with E-state index in [9.17, 15) is 9.59 Å². The molecule has 1 aliphatic heterocycles. The van der Waals surface area contributed by atoms with Crippen LogP contribution in [0.2, 0.25) is 0 Å². The van der Waals surface area contributed by atoms with Gasteiger partial charge in [0, 0.05) is 36.7 Å². The molecule has 0 aliphatic carbocycles. The predicted molar refractivity (Wildman–Crippen MR) is 109 cm³/mol. The lowest BCUT2D eigenvalue weighted by Gasteiger charge is -2.32. The van der Waals surface area contributed by atoms with E-state index in [1.165, 1.54) is 0 Å². The smallest absolute Gasteiger partial charge is 0.223 e. The van der Waals surface area contributed by atoms with Gasteiger partial charge in [-0.2, -0.15) is 11.8 Å². The third-order valence-corrected chi connectivity index (χ3v) is 5.55. The highest BCUT2D eigenvalue weighted by Gasteiger charge is 2.28. The van der Waals surface area contributed by atoms with Gasteiger partial charge in [0.2, 0.25) is 5.91 Å². The topological polar surface area (TPSA) is 37.4 Å². The van der Waals surface area contributed by atoms with Gasteiger partial charge in [0.05, 0.1) is 0 Å². The molecular formula is C22H25NO2S. The number of Topliss-reactive ketones (excluding diaryl/α,β-unsaturated/α-hetero) is 1. The number of hydrogen-bond acceptors (Lipinski definition) is 3. The molecule has 0 bridgehead atoms. The molecule has 3 rings (SSSR count). The van der Waals surface area contributed by atoms with E-state index < -0.39 is 0 Å². The number of nitrogens with zero attached hydrogens (tertiary/aromatic N) is 1. The third kappa shape index (κ3) is 4.55. The van der Waals surface area contributed by atoms with Crippen LogP contribution >= 0.6 is 11.8 Å². The van der Waals surface area contributed by atoms with Crippen LogP contribution in [0, 0.1) is 5.92 Å². The zero-order valence-electron chi connectivity index (χ0n) is 15.2. The standard InChI is InChI=1S/C22H25NO2S/c1-26-15-13-21(24)23-14-5-8-20(16-23)22(25)19-11-9-18(10-12-19)17-6-3-2-4-7-17/h2-4,6-7,9-12,20H,5,8,13-16H2,1H3/t20-/m1/s1. The second kappa shape index (κ2) is 9.04. The van der Waals surface area contributed by atoms with Gasteiger partial charge in [-0.25, -0.2) is 0 Å². The van der Waals surface area contributed by atoms with E-state index in [1.807, 2.05) is 53.6 Å². The van der Waals surface area contributed by atoms with Crippen molar-refractivity contribution in [3.63, 3.8) is 0 Å². The fraction of sp³-hybridized carbons (Fsp3) is 0.364. The summed E-state index contributed by atoms with van der Waals surface area (Å²) in [6.45, 7) is 1.34. The summed E-state index contributed by atoms with van der Waals surface area (Å²) in [6.07, 6.45) is 4.35. The van der Waals surface area contributed by atoms with Gasteiger partial charge >= 0.3 is 0 Å². The Hall–Kier alpha value is -2.07. The Morgan fingerprint density at radius 3 is 2.42 bits per heavy atom. The van der Waals surface area contributed by atoms with Crippen LogP contribution in [0.25, 0.3) is 11.1 Å². The van der Waals surface area contributed by atoms with E-state index in [-0.39, 0.29) is 17.6 Å². The maximum Gasteiger partial charge on any atom is 0.223 e. The van der Waals surface area contributed by atoms with Crippen molar-refractivity contribution in [1.82, 2.24) is 4.90 Å². The van der Waals surface area contributed by atoms with Crippen molar-refractivity contribution in [3.05, 3.63) is 60.2 Å². The first-order chi connectivity index (χ1) is 12.7. The lowest BCUT2D eigenvalue weighted by Crippen LogP contribution is -2.42. The highest BCUT2D eigenvalue weighted by atomic mass is 32.2. The van der Waals surface area contributed by atoms with Crippen molar-refractivity contribution in [3.8, 4) is 11.1 Å². The van der Waals surface area contributed by atoms with Crippen molar-refractivity contribution >= 4 is 23.5 Å². The largest absolute Gasteiger partial charge is 0.342 e. The van der Waals surface area contributed by atoms with Crippen LogP contribution in [0.15, 0.2) is 54.6 Å². The van der Waals surface area contributed by atoms with E-state index in [1.54, 1.807) is 11.8 Å². The van der Waals surface area contributed by atoms with Crippen molar-refractivity contribution in [1.29, 1.82) is 0 Å². The molecule has 26 heavy (non-hydrogen) atoms. The Kier molecular flexibility index (Phi) is 6.51. The lowest BCUT2D eigenvalue weighted by atomic mass is 9.89. The molecule has 4 heteroatoms. The summed E-state index contributed by atoms with van der Waals surface area (Å²) in [5.41, 5.74) is 3.00. The number of carbonyl (C=O) groups excluding carboxylic acids is 2. The molecule has 1 heterocycles. The molecule has 0 spiro atoms. The average molecular weight is 368 g/mol. The Labute approximate surface area is 159 Å². The van der Waals surface area contributed by atoms with E-state index in [2.05, 4.69) is 12.1 Å². The molecule has 1 aliphatic rings. The van der Waals surface area contributed by atoms with Gasteiger partial charge in [-0.1, -0.05) is 54.6 Å². The Morgan fingerprint density at radius 1 is 1.04 bits per heavy atom. The number of benzene rings is 2. The average Bonchev–Trinajstić information content (AvgIpc) is 2.72. The molecule has 1 saturated heterocycles. The summed E-state index contributed by atoms with van der Waals surface area (Å²) in [5.74, 6) is 1.10. The predicted octanol–water partition coefficient (Wildman–Crippen LogP) is 4.53. The molecule has 0 aromatic heterocycles. The van der Waals surface area contributed by atoms with Crippen LogP contribution in [-0.4, -0.2) is 41.7 Å². The maximum absolute atomic E-state index is 12.9. The van der Waals surface area contributed by atoms with Crippen LogP contribution in [0.5, 0.6) is 0 Å². The molecule has 1 fully saturated rings. The number of piperidine rings is 1. The molecule has 0 saturated carbocycles.